The van der Waals surface area contributed by atoms with Gasteiger partial charge in [-0.05, 0) is 31.2 Å². The number of allylic oxidation sites excluding steroid dienone is 1. The summed E-state index contributed by atoms with van der Waals surface area (Å²) in [5.74, 6) is -0.358. The van der Waals surface area contributed by atoms with Gasteiger partial charge in [-0.1, -0.05) is 48.0 Å². The number of Topliss-reactive ketones (excluding diaryl/α,β-unsaturated/α-hetero) is 1. The lowest BCUT2D eigenvalue weighted by atomic mass is 10.0. The Labute approximate surface area is 166 Å². The summed E-state index contributed by atoms with van der Waals surface area (Å²) >= 11 is 6.52. The molecule has 0 aliphatic rings. The van der Waals surface area contributed by atoms with Crippen LogP contribution in [0.4, 0.5) is 0 Å². The minimum absolute atomic E-state index is 0.00219. The maximum atomic E-state index is 13.0. The Kier molecular flexibility index (Phi) is 4.56. The minimum atomic E-state index is -0.358. The first kappa shape index (κ1) is 17.8. The highest BCUT2D eigenvalue weighted by Crippen LogP contribution is 2.27. The molecule has 0 saturated heterocycles. The summed E-state index contributed by atoms with van der Waals surface area (Å²) < 4.78 is 1.59. The van der Waals surface area contributed by atoms with E-state index < -0.39 is 0 Å². The number of para-hydroxylation sites is 2. The molecule has 0 fully saturated rings. The number of carbonyl (C=O) groups is 1. The molecule has 1 N–H and O–H groups in total. The first-order valence-corrected chi connectivity index (χ1v) is 9.01. The maximum absolute atomic E-state index is 13.0. The largest absolute Gasteiger partial charge is 0.360 e. The van der Waals surface area contributed by atoms with Crippen molar-refractivity contribution in [1.29, 1.82) is 5.26 Å². The molecule has 28 heavy (non-hydrogen) atoms. The number of nitrogens with zero attached hydrogens (tertiary/aromatic N) is 3. The van der Waals surface area contributed by atoms with Gasteiger partial charge >= 0.3 is 0 Å². The van der Waals surface area contributed by atoms with Crippen molar-refractivity contribution in [3.8, 4) is 11.8 Å². The summed E-state index contributed by atoms with van der Waals surface area (Å²) in [4.78, 5) is 16.0. The van der Waals surface area contributed by atoms with Gasteiger partial charge in [-0.25, -0.2) is 4.68 Å². The fraction of sp³-hybridized carbons (Fsp3) is 0.0455. The lowest BCUT2D eigenvalue weighted by Crippen LogP contribution is -2.01. The van der Waals surface area contributed by atoms with Crippen LogP contribution in [0.5, 0.6) is 0 Å². The van der Waals surface area contributed by atoms with Crippen LogP contribution in [0, 0.1) is 18.3 Å². The average molecular weight is 387 g/mol. The summed E-state index contributed by atoms with van der Waals surface area (Å²) in [6.45, 7) is 1.79. The van der Waals surface area contributed by atoms with Gasteiger partial charge in [-0.3, -0.25) is 4.79 Å². The predicted molar refractivity (Wildman–Crippen MR) is 110 cm³/mol. The number of hydrogen-bond donors (Lipinski definition) is 1. The molecule has 0 aliphatic carbocycles. The Morgan fingerprint density at radius 1 is 1.18 bits per heavy atom. The molecule has 2 aromatic heterocycles. The van der Waals surface area contributed by atoms with E-state index >= 15 is 0 Å². The molecule has 136 valence electrons. The third kappa shape index (κ3) is 3.00. The molecule has 2 aromatic carbocycles. The zero-order valence-electron chi connectivity index (χ0n) is 15.0. The van der Waals surface area contributed by atoms with Crippen molar-refractivity contribution in [2.45, 2.75) is 6.92 Å². The number of aromatic amines is 1. The smallest absolute Gasteiger partial charge is 0.205 e. The number of carbonyl (C=O) groups excluding carboxylic acids is 1. The normalized spacial score (nSPS) is 11.5. The van der Waals surface area contributed by atoms with Crippen LogP contribution in [0.1, 0.15) is 21.6 Å². The zero-order chi connectivity index (χ0) is 19.7. The summed E-state index contributed by atoms with van der Waals surface area (Å²) in [7, 11) is 0. The van der Waals surface area contributed by atoms with Crippen LogP contribution in [0.2, 0.25) is 5.15 Å². The van der Waals surface area contributed by atoms with Gasteiger partial charge in [0.25, 0.3) is 0 Å². The third-order valence-electron chi connectivity index (χ3n) is 4.54. The van der Waals surface area contributed by atoms with E-state index in [2.05, 4.69) is 10.1 Å². The Hall–Kier alpha value is -3.62. The van der Waals surface area contributed by atoms with E-state index in [0.717, 1.165) is 16.6 Å². The molecule has 0 bridgehead atoms. The number of hydrogen-bond acceptors (Lipinski definition) is 3. The van der Waals surface area contributed by atoms with E-state index in [-0.39, 0.29) is 11.4 Å². The van der Waals surface area contributed by atoms with Gasteiger partial charge in [0.15, 0.2) is 0 Å². The highest BCUT2D eigenvalue weighted by molar-refractivity contribution is 6.31. The maximum Gasteiger partial charge on any atom is 0.205 e. The average Bonchev–Trinajstić information content (AvgIpc) is 3.28. The van der Waals surface area contributed by atoms with E-state index in [9.17, 15) is 10.1 Å². The molecule has 6 heteroatoms. The summed E-state index contributed by atoms with van der Waals surface area (Å²) in [5, 5.41) is 15.2. The Morgan fingerprint density at radius 2 is 1.89 bits per heavy atom. The second kappa shape index (κ2) is 7.18. The number of aryl methyl sites for hydroxylation is 1. The number of H-pyrrole nitrogens is 1. The number of ketones is 1. The number of halogens is 1. The van der Waals surface area contributed by atoms with E-state index in [0.29, 0.717) is 22.0 Å². The molecule has 0 spiro atoms. The number of nitrogens with one attached hydrogen (secondary N) is 1. The summed E-state index contributed by atoms with van der Waals surface area (Å²) in [6, 6.07) is 18.9. The van der Waals surface area contributed by atoms with Gasteiger partial charge in [0.1, 0.15) is 16.8 Å². The first-order valence-electron chi connectivity index (χ1n) is 8.63. The van der Waals surface area contributed by atoms with Crippen molar-refractivity contribution in [3.63, 3.8) is 0 Å². The lowest BCUT2D eigenvalue weighted by Gasteiger charge is -2.02. The Balaban J connectivity index is 1.78. The second-order valence-corrected chi connectivity index (χ2v) is 6.64. The van der Waals surface area contributed by atoms with Gasteiger partial charge in [-0.15, -0.1) is 0 Å². The molecule has 0 saturated carbocycles. The Morgan fingerprint density at radius 3 is 2.64 bits per heavy atom. The van der Waals surface area contributed by atoms with Crippen LogP contribution in [0.3, 0.4) is 0 Å². The zero-order valence-corrected chi connectivity index (χ0v) is 15.7. The van der Waals surface area contributed by atoms with Crippen LogP contribution in [0.15, 0.2) is 66.4 Å². The fourth-order valence-electron chi connectivity index (χ4n) is 3.11. The van der Waals surface area contributed by atoms with Crippen LogP contribution in [0.25, 0.3) is 22.7 Å². The van der Waals surface area contributed by atoms with Crippen LogP contribution >= 0.6 is 11.6 Å². The van der Waals surface area contributed by atoms with Crippen LogP contribution in [-0.2, 0) is 0 Å². The first-order chi connectivity index (χ1) is 13.6. The van der Waals surface area contributed by atoms with Crippen molar-refractivity contribution in [2.75, 3.05) is 0 Å². The van der Waals surface area contributed by atoms with E-state index in [1.807, 2.05) is 60.7 Å². The number of fused-ring (bicyclic) bond motifs is 1. The van der Waals surface area contributed by atoms with Gasteiger partial charge in [-0.2, -0.15) is 10.4 Å². The van der Waals surface area contributed by atoms with Gasteiger partial charge in [0, 0.05) is 28.2 Å². The molecule has 5 nitrogen and oxygen atoms in total. The highest BCUT2D eigenvalue weighted by atomic mass is 35.5. The topological polar surface area (TPSA) is 74.5 Å². The predicted octanol–water partition coefficient (Wildman–Crippen LogP) is 5.11. The van der Waals surface area contributed by atoms with Crippen molar-refractivity contribution in [3.05, 3.63) is 88.3 Å². The number of aromatic nitrogens is 3. The summed E-state index contributed by atoms with van der Waals surface area (Å²) in [6.07, 6.45) is 3.13. The van der Waals surface area contributed by atoms with Gasteiger partial charge < -0.3 is 4.98 Å². The second-order valence-electron chi connectivity index (χ2n) is 6.28. The quantitative estimate of drug-likeness (QED) is 0.301. The fourth-order valence-corrected chi connectivity index (χ4v) is 3.44. The van der Waals surface area contributed by atoms with Crippen molar-refractivity contribution < 1.29 is 4.79 Å². The van der Waals surface area contributed by atoms with Gasteiger partial charge in [0.05, 0.1) is 11.4 Å². The number of benzene rings is 2. The molecule has 0 radical (unpaired) electrons. The molecule has 0 aliphatic heterocycles. The molecule has 2 heterocycles. The lowest BCUT2D eigenvalue weighted by molar-refractivity contribution is 0.104. The minimum Gasteiger partial charge on any atom is -0.360 e. The third-order valence-corrected chi connectivity index (χ3v) is 4.90. The van der Waals surface area contributed by atoms with Crippen molar-refractivity contribution >= 4 is 34.4 Å². The highest BCUT2D eigenvalue weighted by Gasteiger charge is 2.19. The molecule has 0 atom stereocenters. The van der Waals surface area contributed by atoms with Crippen molar-refractivity contribution in [1.82, 2.24) is 14.8 Å². The number of rotatable bonds is 4. The molecular formula is C22H15ClN4O. The molecule has 4 aromatic rings. The van der Waals surface area contributed by atoms with E-state index in [4.69, 9.17) is 11.6 Å². The van der Waals surface area contributed by atoms with Crippen molar-refractivity contribution in [2.24, 2.45) is 0 Å². The standard InChI is InChI=1S/C22H15ClN4O/c1-14-18(22(23)27(26-14)16-7-3-2-4-8-16)11-15(12-24)21(28)19-13-25-20-10-6-5-9-17(19)20/h2-11,13,25H,1H3/b15-11+. The molecule has 0 unspecified atom stereocenters. The number of nitriles is 1. The monoisotopic (exact) mass is 386 g/mol. The van der Waals surface area contributed by atoms with Gasteiger partial charge in [0.2, 0.25) is 5.78 Å². The Bertz CT molecular complexity index is 1260. The van der Waals surface area contributed by atoms with Crippen LogP contribution < -0.4 is 0 Å². The SMILES string of the molecule is Cc1nn(-c2ccccc2)c(Cl)c1/C=C(\C#N)C(=O)c1c[nH]c2ccccc12. The van der Waals surface area contributed by atoms with E-state index in [1.165, 1.54) is 6.08 Å². The molecule has 0 amide bonds. The molecule has 4 rings (SSSR count). The summed E-state index contributed by atoms with van der Waals surface area (Å²) in [5.41, 5.74) is 3.28. The molecular weight excluding hydrogens is 372 g/mol. The van der Waals surface area contributed by atoms with E-state index in [1.54, 1.807) is 17.8 Å². The van der Waals surface area contributed by atoms with Crippen LogP contribution in [-0.4, -0.2) is 20.5 Å².